The molecule has 0 aliphatic carbocycles. The van der Waals surface area contributed by atoms with Crippen molar-refractivity contribution in [3.63, 3.8) is 0 Å². The second-order valence-corrected chi connectivity index (χ2v) is 3.86. The van der Waals surface area contributed by atoms with Crippen LogP contribution in [0.3, 0.4) is 0 Å². The van der Waals surface area contributed by atoms with E-state index < -0.39 is 0 Å². The SMILES string of the molecule is COc1ccc(/C=C\c2ccccc2)cc1OC. The van der Waals surface area contributed by atoms with E-state index in [0.717, 1.165) is 17.1 Å². The van der Waals surface area contributed by atoms with Crippen LogP contribution in [0.2, 0.25) is 0 Å². The van der Waals surface area contributed by atoms with Crippen molar-refractivity contribution >= 4 is 12.2 Å². The normalized spacial score (nSPS) is 10.6. The van der Waals surface area contributed by atoms with E-state index in [-0.39, 0.29) is 0 Å². The summed E-state index contributed by atoms with van der Waals surface area (Å²) in [6.45, 7) is 0. The van der Waals surface area contributed by atoms with Crippen LogP contribution in [0.25, 0.3) is 12.2 Å². The van der Waals surface area contributed by atoms with E-state index in [2.05, 4.69) is 24.3 Å². The summed E-state index contributed by atoms with van der Waals surface area (Å²) in [6, 6.07) is 16.0. The molecule has 0 atom stereocenters. The highest BCUT2D eigenvalue weighted by Crippen LogP contribution is 2.28. The topological polar surface area (TPSA) is 18.5 Å². The van der Waals surface area contributed by atoms with E-state index in [1.807, 2.05) is 36.4 Å². The monoisotopic (exact) mass is 240 g/mol. The Labute approximate surface area is 107 Å². The fourth-order valence-electron chi connectivity index (χ4n) is 1.71. The second-order valence-electron chi connectivity index (χ2n) is 3.86. The molecule has 2 aromatic rings. The number of hydrogen-bond acceptors (Lipinski definition) is 2. The van der Waals surface area contributed by atoms with Gasteiger partial charge in [-0.25, -0.2) is 0 Å². The quantitative estimate of drug-likeness (QED) is 0.755. The minimum absolute atomic E-state index is 0.743. The molecule has 0 radical (unpaired) electrons. The zero-order valence-electron chi connectivity index (χ0n) is 10.6. The lowest BCUT2D eigenvalue weighted by Crippen LogP contribution is -1.90. The van der Waals surface area contributed by atoms with E-state index in [4.69, 9.17) is 9.47 Å². The molecule has 0 heterocycles. The molecule has 92 valence electrons. The first-order valence-corrected chi connectivity index (χ1v) is 5.78. The maximum absolute atomic E-state index is 5.27. The molecule has 2 nitrogen and oxygen atoms in total. The van der Waals surface area contributed by atoms with Crippen LogP contribution in [0.4, 0.5) is 0 Å². The van der Waals surface area contributed by atoms with Crippen molar-refractivity contribution in [2.45, 2.75) is 0 Å². The molecule has 2 rings (SSSR count). The van der Waals surface area contributed by atoms with E-state index in [0.29, 0.717) is 0 Å². The molecule has 18 heavy (non-hydrogen) atoms. The lowest BCUT2D eigenvalue weighted by molar-refractivity contribution is 0.355. The molecule has 2 aromatic carbocycles. The Bertz CT molecular complexity index is 530. The van der Waals surface area contributed by atoms with Crippen LogP contribution in [0.15, 0.2) is 48.5 Å². The Morgan fingerprint density at radius 1 is 0.722 bits per heavy atom. The van der Waals surface area contributed by atoms with E-state index >= 15 is 0 Å². The average Bonchev–Trinajstić information content (AvgIpc) is 2.45. The number of ether oxygens (including phenoxy) is 2. The molecule has 2 heteroatoms. The maximum Gasteiger partial charge on any atom is 0.161 e. The molecule has 0 amide bonds. The minimum atomic E-state index is 0.743. The van der Waals surface area contributed by atoms with Crippen LogP contribution in [-0.2, 0) is 0 Å². The molecular formula is C16H16O2. The van der Waals surface area contributed by atoms with E-state index in [9.17, 15) is 0 Å². The summed E-state index contributed by atoms with van der Waals surface area (Å²) in [7, 11) is 3.28. The van der Waals surface area contributed by atoms with E-state index in [1.54, 1.807) is 14.2 Å². The Morgan fingerprint density at radius 3 is 2.06 bits per heavy atom. The first-order valence-electron chi connectivity index (χ1n) is 5.78. The summed E-state index contributed by atoms with van der Waals surface area (Å²) in [5.74, 6) is 1.49. The van der Waals surface area contributed by atoms with Crippen LogP contribution >= 0.6 is 0 Å². The van der Waals surface area contributed by atoms with Gasteiger partial charge < -0.3 is 9.47 Å². The van der Waals surface area contributed by atoms with Crippen molar-refractivity contribution in [2.24, 2.45) is 0 Å². The van der Waals surface area contributed by atoms with Crippen LogP contribution in [0.1, 0.15) is 11.1 Å². The van der Waals surface area contributed by atoms with Gasteiger partial charge in [0.15, 0.2) is 11.5 Å². The molecule has 0 saturated heterocycles. The largest absolute Gasteiger partial charge is 0.493 e. The van der Waals surface area contributed by atoms with Gasteiger partial charge in [0.05, 0.1) is 14.2 Å². The summed E-state index contributed by atoms with van der Waals surface area (Å²) in [6.07, 6.45) is 4.12. The van der Waals surface area contributed by atoms with Gasteiger partial charge in [0, 0.05) is 0 Å². The van der Waals surface area contributed by atoms with Crippen molar-refractivity contribution in [3.05, 3.63) is 59.7 Å². The number of methoxy groups -OCH3 is 2. The third-order valence-electron chi connectivity index (χ3n) is 2.68. The molecule has 0 bridgehead atoms. The standard InChI is InChI=1S/C16H16O2/c1-17-15-11-10-14(12-16(15)18-2)9-8-13-6-4-3-5-7-13/h3-12H,1-2H3/b9-8-. The molecule has 0 aromatic heterocycles. The summed E-state index contributed by atoms with van der Waals surface area (Å²) < 4.78 is 10.5. The third-order valence-corrected chi connectivity index (χ3v) is 2.68. The Morgan fingerprint density at radius 2 is 1.39 bits per heavy atom. The molecule has 0 aliphatic rings. The first kappa shape index (κ1) is 12.2. The second kappa shape index (κ2) is 5.92. The number of benzene rings is 2. The molecule has 0 aliphatic heterocycles. The van der Waals surface area contributed by atoms with Crippen molar-refractivity contribution in [1.82, 2.24) is 0 Å². The first-order chi connectivity index (χ1) is 8.83. The van der Waals surface area contributed by atoms with Crippen molar-refractivity contribution in [3.8, 4) is 11.5 Å². The fraction of sp³-hybridized carbons (Fsp3) is 0.125. The summed E-state index contributed by atoms with van der Waals surface area (Å²) in [5.41, 5.74) is 2.25. The highest BCUT2D eigenvalue weighted by molar-refractivity contribution is 5.70. The molecule has 0 saturated carbocycles. The van der Waals surface area contributed by atoms with Gasteiger partial charge in [-0.1, -0.05) is 48.6 Å². The Balaban J connectivity index is 2.22. The van der Waals surface area contributed by atoms with Crippen LogP contribution in [-0.4, -0.2) is 14.2 Å². The lowest BCUT2D eigenvalue weighted by atomic mass is 10.1. The number of hydrogen-bond donors (Lipinski definition) is 0. The zero-order chi connectivity index (χ0) is 12.8. The van der Waals surface area contributed by atoms with Crippen molar-refractivity contribution in [2.75, 3.05) is 14.2 Å². The molecule has 0 fully saturated rings. The smallest absolute Gasteiger partial charge is 0.161 e. The van der Waals surface area contributed by atoms with Gasteiger partial charge >= 0.3 is 0 Å². The van der Waals surface area contributed by atoms with Gasteiger partial charge in [-0.3, -0.25) is 0 Å². The van der Waals surface area contributed by atoms with Crippen molar-refractivity contribution in [1.29, 1.82) is 0 Å². The van der Waals surface area contributed by atoms with Gasteiger partial charge in [-0.15, -0.1) is 0 Å². The third kappa shape index (κ3) is 2.92. The van der Waals surface area contributed by atoms with Crippen LogP contribution in [0.5, 0.6) is 11.5 Å². The lowest BCUT2D eigenvalue weighted by Gasteiger charge is -2.07. The Hall–Kier alpha value is -2.22. The van der Waals surface area contributed by atoms with Crippen LogP contribution < -0.4 is 9.47 Å². The Kier molecular flexibility index (Phi) is 4.02. The molecule has 0 spiro atoms. The maximum atomic E-state index is 5.27. The minimum Gasteiger partial charge on any atom is -0.493 e. The summed E-state index contributed by atoms with van der Waals surface area (Å²) in [5, 5.41) is 0. The van der Waals surface area contributed by atoms with Gasteiger partial charge in [0.1, 0.15) is 0 Å². The molecule has 0 unspecified atom stereocenters. The summed E-state index contributed by atoms with van der Waals surface area (Å²) in [4.78, 5) is 0. The van der Waals surface area contributed by atoms with Gasteiger partial charge in [-0.05, 0) is 23.3 Å². The molecule has 0 N–H and O–H groups in total. The zero-order valence-corrected chi connectivity index (χ0v) is 10.6. The predicted octanol–water partition coefficient (Wildman–Crippen LogP) is 3.87. The predicted molar refractivity (Wildman–Crippen MR) is 74.9 cm³/mol. The highest BCUT2D eigenvalue weighted by atomic mass is 16.5. The highest BCUT2D eigenvalue weighted by Gasteiger charge is 2.02. The average molecular weight is 240 g/mol. The van der Waals surface area contributed by atoms with Crippen LogP contribution in [0, 0.1) is 0 Å². The molecular weight excluding hydrogens is 224 g/mol. The van der Waals surface area contributed by atoms with Crippen molar-refractivity contribution < 1.29 is 9.47 Å². The number of rotatable bonds is 4. The van der Waals surface area contributed by atoms with Gasteiger partial charge in [0.25, 0.3) is 0 Å². The van der Waals surface area contributed by atoms with Gasteiger partial charge in [0.2, 0.25) is 0 Å². The fourth-order valence-corrected chi connectivity index (χ4v) is 1.71. The summed E-state index contributed by atoms with van der Waals surface area (Å²) >= 11 is 0. The van der Waals surface area contributed by atoms with Gasteiger partial charge in [-0.2, -0.15) is 0 Å². The van der Waals surface area contributed by atoms with E-state index in [1.165, 1.54) is 5.56 Å².